The number of rotatable bonds is 5. The average molecular weight is 460 g/mol. The van der Waals surface area contributed by atoms with E-state index in [2.05, 4.69) is 0 Å². The van der Waals surface area contributed by atoms with Crippen LogP contribution in [0.15, 0.2) is 51.7 Å². The zero-order valence-corrected chi connectivity index (χ0v) is 17.1. The fourth-order valence-electron chi connectivity index (χ4n) is 3.50. The van der Waals surface area contributed by atoms with E-state index < -0.39 is 42.1 Å². The number of carboxylic acids is 1. The van der Waals surface area contributed by atoms with Crippen molar-refractivity contribution in [3.8, 4) is 28.6 Å². The third-order valence-electron chi connectivity index (χ3n) is 5.21. The highest BCUT2D eigenvalue weighted by molar-refractivity contribution is 5.86. The summed E-state index contributed by atoms with van der Waals surface area (Å²) in [6, 6.07) is 10.1. The molecule has 11 heteroatoms. The molecule has 0 amide bonds. The maximum absolute atomic E-state index is 12.9. The normalized spacial score (nSPS) is 25.0. The van der Waals surface area contributed by atoms with Crippen LogP contribution >= 0.6 is 0 Å². The van der Waals surface area contributed by atoms with Crippen molar-refractivity contribution in [1.29, 1.82) is 0 Å². The minimum atomic E-state index is -1.91. The summed E-state index contributed by atoms with van der Waals surface area (Å²) >= 11 is 0. The van der Waals surface area contributed by atoms with Crippen LogP contribution in [-0.2, 0) is 9.53 Å². The van der Waals surface area contributed by atoms with E-state index in [0.717, 1.165) is 6.07 Å². The van der Waals surface area contributed by atoms with Gasteiger partial charge in [-0.1, -0.05) is 0 Å². The summed E-state index contributed by atoms with van der Waals surface area (Å²) in [7, 11) is 1.51. The van der Waals surface area contributed by atoms with Crippen molar-refractivity contribution < 1.29 is 49.0 Å². The molecule has 5 N–H and O–H groups in total. The molecule has 174 valence electrons. The fourth-order valence-corrected chi connectivity index (χ4v) is 3.50. The van der Waals surface area contributed by atoms with E-state index in [9.17, 15) is 35.1 Å². The molecule has 33 heavy (non-hydrogen) atoms. The third-order valence-corrected chi connectivity index (χ3v) is 5.21. The number of ether oxygens (including phenoxy) is 3. The summed E-state index contributed by atoms with van der Waals surface area (Å²) < 4.78 is 21.4. The van der Waals surface area contributed by atoms with Crippen LogP contribution in [0.25, 0.3) is 22.3 Å². The first-order valence-corrected chi connectivity index (χ1v) is 9.74. The summed E-state index contributed by atoms with van der Waals surface area (Å²) in [5, 5.41) is 49.2. The molecular weight excluding hydrogens is 440 g/mol. The second-order valence-electron chi connectivity index (χ2n) is 7.37. The Balaban J connectivity index is 1.74. The Morgan fingerprint density at radius 3 is 2.33 bits per heavy atom. The number of phenols is 1. The molecule has 2 aromatic carbocycles. The van der Waals surface area contributed by atoms with Gasteiger partial charge in [-0.05, 0) is 24.3 Å². The van der Waals surface area contributed by atoms with E-state index in [4.69, 9.17) is 18.6 Å². The molecular formula is C22H20O11. The topological polar surface area (TPSA) is 176 Å². The van der Waals surface area contributed by atoms with Crippen molar-refractivity contribution in [2.24, 2.45) is 0 Å². The third kappa shape index (κ3) is 4.22. The second kappa shape index (κ2) is 8.71. The summed E-state index contributed by atoms with van der Waals surface area (Å²) in [5.41, 5.74) is -0.0465. The molecule has 0 radical (unpaired) electrons. The number of methoxy groups -OCH3 is 1. The minimum absolute atomic E-state index is 0.0519. The number of phenolic OH excluding ortho intramolecular Hbond substituents is 1. The Morgan fingerprint density at radius 1 is 1.00 bits per heavy atom. The molecule has 2 heterocycles. The number of benzene rings is 2. The van der Waals surface area contributed by atoms with E-state index >= 15 is 0 Å². The number of aliphatic hydroxyl groups is 3. The lowest BCUT2D eigenvalue weighted by Gasteiger charge is -2.38. The largest absolute Gasteiger partial charge is 0.508 e. The Kier molecular flexibility index (Phi) is 5.95. The van der Waals surface area contributed by atoms with Gasteiger partial charge in [-0.2, -0.15) is 0 Å². The Morgan fingerprint density at radius 2 is 1.70 bits per heavy atom. The molecule has 1 aromatic heterocycles. The maximum atomic E-state index is 12.9. The van der Waals surface area contributed by atoms with Crippen LogP contribution in [0.1, 0.15) is 0 Å². The highest BCUT2D eigenvalue weighted by atomic mass is 16.7. The van der Waals surface area contributed by atoms with Gasteiger partial charge < -0.3 is 44.2 Å². The molecule has 1 unspecified atom stereocenters. The summed E-state index contributed by atoms with van der Waals surface area (Å²) in [6.45, 7) is 0. The number of hydrogen-bond acceptors (Lipinski definition) is 10. The highest BCUT2D eigenvalue weighted by Crippen LogP contribution is 2.34. The number of aromatic hydroxyl groups is 1. The molecule has 1 fully saturated rings. The Labute approximate surface area is 185 Å². The predicted octanol–water partition coefficient (Wildman–Crippen LogP) is 0.445. The molecule has 0 saturated carbocycles. The molecule has 0 spiro atoms. The van der Waals surface area contributed by atoms with Crippen molar-refractivity contribution in [2.45, 2.75) is 30.7 Å². The van der Waals surface area contributed by atoms with Crippen LogP contribution < -0.4 is 14.9 Å². The first-order chi connectivity index (χ1) is 15.7. The van der Waals surface area contributed by atoms with Gasteiger partial charge in [0.15, 0.2) is 11.5 Å². The first kappa shape index (κ1) is 22.6. The molecule has 11 nitrogen and oxygen atoms in total. The standard InChI is InChI=1S/C22H20O11/c1-30-11-4-2-9(3-5-11)13-8-12(24)16-14(31-13)6-10(23)7-15(16)32-22-19(27)17(25)18(26)20(33-22)21(28)29/h2-8,17-20,22-23,25-27H,1H3,(H,28,29)/t17-,18-,19+,20-,22?/m0/s1. The number of hydrogen-bond donors (Lipinski definition) is 5. The number of aliphatic carboxylic acids is 1. The summed E-state index contributed by atoms with van der Waals surface area (Å²) in [6.07, 6.45) is -9.31. The van der Waals surface area contributed by atoms with Crippen molar-refractivity contribution in [1.82, 2.24) is 0 Å². The van der Waals surface area contributed by atoms with Gasteiger partial charge >= 0.3 is 5.97 Å². The van der Waals surface area contributed by atoms with Gasteiger partial charge in [-0.3, -0.25) is 4.79 Å². The second-order valence-corrected chi connectivity index (χ2v) is 7.37. The van der Waals surface area contributed by atoms with Crippen LogP contribution in [-0.4, -0.2) is 69.3 Å². The lowest BCUT2D eigenvalue weighted by atomic mass is 9.99. The van der Waals surface area contributed by atoms with Gasteiger partial charge in [0.2, 0.25) is 6.29 Å². The van der Waals surface area contributed by atoms with Gasteiger partial charge in [0, 0.05) is 23.8 Å². The lowest BCUT2D eigenvalue weighted by molar-refractivity contribution is -0.270. The minimum Gasteiger partial charge on any atom is -0.508 e. The molecule has 3 aromatic rings. The van der Waals surface area contributed by atoms with Crippen molar-refractivity contribution in [2.75, 3.05) is 7.11 Å². The molecule has 4 rings (SSSR count). The van der Waals surface area contributed by atoms with Gasteiger partial charge in [0.25, 0.3) is 0 Å². The zero-order valence-electron chi connectivity index (χ0n) is 17.1. The lowest BCUT2D eigenvalue weighted by Crippen LogP contribution is -2.61. The van der Waals surface area contributed by atoms with E-state index in [1.165, 1.54) is 19.2 Å². The molecule has 1 aliphatic heterocycles. The fraction of sp³-hybridized carbons (Fsp3) is 0.273. The Bertz CT molecular complexity index is 1230. The predicted molar refractivity (Wildman–Crippen MR) is 111 cm³/mol. The van der Waals surface area contributed by atoms with Crippen LogP contribution in [0.3, 0.4) is 0 Å². The highest BCUT2D eigenvalue weighted by Gasteiger charge is 2.48. The average Bonchev–Trinajstić information content (AvgIpc) is 2.78. The van der Waals surface area contributed by atoms with Crippen LogP contribution in [0.5, 0.6) is 17.2 Å². The van der Waals surface area contributed by atoms with Gasteiger partial charge in [0.05, 0.1) is 7.11 Å². The molecule has 0 aliphatic carbocycles. The Hall–Kier alpha value is -3.64. The molecule has 1 saturated heterocycles. The van der Waals surface area contributed by atoms with E-state index in [-0.39, 0.29) is 28.2 Å². The number of carbonyl (C=O) groups is 1. The summed E-state index contributed by atoms with van der Waals surface area (Å²) in [5.74, 6) is -1.42. The van der Waals surface area contributed by atoms with Crippen molar-refractivity contribution in [3.63, 3.8) is 0 Å². The van der Waals surface area contributed by atoms with Crippen molar-refractivity contribution in [3.05, 3.63) is 52.7 Å². The molecule has 1 aliphatic rings. The van der Waals surface area contributed by atoms with Gasteiger partial charge in [-0.15, -0.1) is 0 Å². The maximum Gasteiger partial charge on any atom is 0.335 e. The van der Waals surface area contributed by atoms with Gasteiger partial charge in [-0.25, -0.2) is 4.79 Å². The molecule has 0 bridgehead atoms. The SMILES string of the molecule is COc1ccc(-c2cc(=O)c3c(OC4O[C@H](C(=O)O)[C@@H](O)[C@H](O)[C@H]4O)cc(O)cc3o2)cc1. The van der Waals surface area contributed by atoms with Crippen LogP contribution in [0.4, 0.5) is 0 Å². The summed E-state index contributed by atoms with van der Waals surface area (Å²) in [4.78, 5) is 24.2. The smallest absolute Gasteiger partial charge is 0.335 e. The van der Waals surface area contributed by atoms with Gasteiger partial charge in [0.1, 0.15) is 52.3 Å². The van der Waals surface area contributed by atoms with E-state index in [0.29, 0.717) is 11.3 Å². The first-order valence-electron chi connectivity index (χ1n) is 9.74. The zero-order chi connectivity index (χ0) is 23.9. The quantitative estimate of drug-likeness (QED) is 0.357. The van der Waals surface area contributed by atoms with Crippen molar-refractivity contribution >= 4 is 16.9 Å². The number of fused-ring (bicyclic) bond motifs is 1. The van der Waals surface area contributed by atoms with Crippen LogP contribution in [0.2, 0.25) is 0 Å². The van der Waals surface area contributed by atoms with E-state index in [1.54, 1.807) is 24.3 Å². The number of aliphatic hydroxyl groups excluding tert-OH is 3. The molecule has 5 atom stereocenters. The monoisotopic (exact) mass is 460 g/mol. The van der Waals surface area contributed by atoms with E-state index in [1.807, 2.05) is 0 Å². The van der Waals surface area contributed by atoms with Crippen LogP contribution in [0, 0.1) is 0 Å². The number of carboxylic acid groups (broad SMARTS) is 1.